The average Bonchev–Trinajstić information content (AvgIpc) is 2.59. The molecular weight excluding hydrogens is 377 g/mol. The zero-order valence-electron chi connectivity index (χ0n) is 14.2. The van der Waals surface area contributed by atoms with Gasteiger partial charge < -0.3 is 4.90 Å². The smallest absolute Gasteiger partial charge is 0.222 e. The van der Waals surface area contributed by atoms with Gasteiger partial charge in [-0.3, -0.25) is 4.79 Å². The number of ketones is 1. The maximum absolute atomic E-state index is 12.0. The number of aryl methyl sites for hydroxylation is 2. The third kappa shape index (κ3) is 3.08. The summed E-state index contributed by atoms with van der Waals surface area (Å²) in [6.07, 6.45) is 0. The van der Waals surface area contributed by atoms with Crippen molar-refractivity contribution in [3.8, 4) is 0 Å². The Morgan fingerprint density at radius 1 is 1.04 bits per heavy atom. The van der Waals surface area contributed by atoms with Crippen LogP contribution in [0.1, 0.15) is 29.7 Å². The van der Waals surface area contributed by atoms with Gasteiger partial charge in [0.25, 0.3) is 0 Å². The summed E-state index contributed by atoms with van der Waals surface area (Å²) >= 11 is 18.8. The Hall–Kier alpha value is -1.48. The Morgan fingerprint density at radius 2 is 1.68 bits per heavy atom. The van der Waals surface area contributed by atoms with E-state index < -0.39 is 10.1 Å². The van der Waals surface area contributed by atoms with E-state index in [1.165, 1.54) is 0 Å². The normalized spacial score (nSPS) is 17.3. The first-order chi connectivity index (χ1) is 11.7. The van der Waals surface area contributed by atoms with Crippen molar-refractivity contribution in [1.82, 2.24) is 0 Å². The van der Waals surface area contributed by atoms with Crippen molar-refractivity contribution in [3.63, 3.8) is 0 Å². The molecule has 0 aliphatic heterocycles. The molecule has 1 aliphatic carbocycles. The first kappa shape index (κ1) is 18.3. The third-order valence-corrected chi connectivity index (χ3v) is 5.56. The number of carbonyl (C=O) groups excluding carboxylic acids is 1. The summed E-state index contributed by atoms with van der Waals surface area (Å²) in [5, 5.41) is 0.0905. The van der Waals surface area contributed by atoms with Crippen molar-refractivity contribution in [2.24, 2.45) is 0 Å². The van der Waals surface area contributed by atoms with Crippen LogP contribution in [0.3, 0.4) is 0 Å². The van der Waals surface area contributed by atoms with Crippen molar-refractivity contribution in [3.05, 3.63) is 76.0 Å². The fraction of sp³-hybridized carbons (Fsp3) is 0.250. The lowest BCUT2D eigenvalue weighted by atomic mass is 9.95. The Bertz CT molecular complexity index is 858. The molecule has 130 valence electrons. The molecular formula is C20H18Cl3NO. The predicted octanol–water partition coefficient (Wildman–Crippen LogP) is 6.08. The number of Topliss-reactive ketones (excluding diaryl/α,β-unsaturated/α-hetero) is 1. The molecule has 0 spiro atoms. The van der Waals surface area contributed by atoms with Crippen LogP contribution < -0.4 is 4.90 Å². The topological polar surface area (TPSA) is 20.3 Å². The van der Waals surface area contributed by atoms with E-state index in [1.54, 1.807) is 0 Å². The molecule has 1 unspecified atom stereocenters. The number of hydrogen-bond acceptors (Lipinski definition) is 2. The number of carbonyl (C=O) groups is 1. The first-order valence-electron chi connectivity index (χ1n) is 7.99. The van der Waals surface area contributed by atoms with Crippen LogP contribution in [0.25, 0.3) is 0 Å². The summed E-state index contributed by atoms with van der Waals surface area (Å²) in [6, 6.07) is 16.0. The molecule has 1 aliphatic rings. The third-order valence-electron chi connectivity index (χ3n) is 4.51. The van der Waals surface area contributed by atoms with Gasteiger partial charge in [-0.05, 0) is 38.0 Å². The molecule has 1 atom stereocenters. The molecule has 2 aromatic carbocycles. The minimum atomic E-state index is -1.63. The molecule has 25 heavy (non-hydrogen) atoms. The Balaban J connectivity index is 2.18. The van der Waals surface area contributed by atoms with Crippen LogP contribution in [0.15, 0.2) is 59.3 Å². The van der Waals surface area contributed by atoms with Gasteiger partial charge in [0.2, 0.25) is 10.1 Å². The highest BCUT2D eigenvalue weighted by Gasteiger charge is 2.54. The highest BCUT2D eigenvalue weighted by atomic mass is 35.5. The van der Waals surface area contributed by atoms with E-state index in [-0.39, 0.29) is 11.1 Å². The molecule has 2 aromatic rings. The molecule has 5 heteroatoms. The minimum Gasteiger partial charge on any atom is -0.333 e. The van der Waals surface area contributed by atoms with E-state index in [9.17, 15) is 4.79 Å². The molecule has 3 rings (SSSR count). The lowest BCUT2D eigenvalue weighted by Gasteiger charge is -2.43. The van der Waals surface area contributed by atoms with E-state index >= 15 is 0 Å². The van der Waals surface area contributed by atoms with Gasteiger partial charge in [-0.15, -0.1) is 0 Å². The van der Waals surface area contributed by atoms with E-state index in [4.69, 9.17) is 34.8 Å². The maximum Gasteiger partial charge on any atom is 0.222 e. The summed E-state index contributed by atoms with van der Waals surface area (Å²) in [4.78, 5) is 14.0. The molecule has 0 N–H and O–H groups in total. The first-order valence-corrected chi connectivity index (χ1v) is 9.13. The quantitative estimate of drug-likeness (QED) is 0.586. The fourth-order valence-corrected chi connectivity index (χ4v) is 4.29. The van der Waals surface area contributed by atoms with Crippen LogP contribution in [0.2, 0.25) is 0 Å². The molecule has 2 nitrogen and oxygen atoms in total. The number of allylic oxidation sites excluding steroid dienone is 2. The Kier molecular flexibility index (Phi) is 4.89. The summed E-state index contributed by atoms with van der Waals surface area (Å²) in [5.41, 5.74) is 4.64. The zero-order chi connectivity index (χ0) is 18.4. The van der Waals surface area contributed by atoms with Crippen molar-refractivity contribution in [2.45, 2.75) is 31.1 Å². The van der Waals surface area contributed by atoms with Crippen LogP contribution in [0.5, 0.6) is 0 Å². The van der Waals surface area contributed by atoms with E-state index in [2.05, 4.69) is 6.07 Å². The minimum absolute atomic E-state index is 0.0905. The van der Waals surface area contributed by atoms with Gasteiger partial charge in [0.1, 0.15) is 5.03 Å². The van der Waals surface area contributed by atoms with Crippen LogP contribution in [0, 0.1) is 13.8 Å². The number of rotatable bonds is 4. The predicted molar refractivity (Wildman–Crippen MR) is 106 cm³/mol. The second-order valence-corrected chi connectivity index (χ2v) is 8.02. The van der Waals surface area contributed by atoms with Crippen LogP contribution in [-0.4, -0.2) is 10.1 Å². The Morgan fingerprint density at radius 3 is 2.24 bits per heavy atom. The molecule has 0 aromatic heterocycles. The fourth-order valence-electron chi connectivity index (χ4n) is 3.16. The SMILES string of the molecule is Cc1ccc(N(C2=C(Cl)C(=O)C2(Cl)Cl)C(C)c2ccccc2)c(C)c1. The molecule has 0 heterocycles. The average molecular weight is 395 g/mol. The van der Waals surface area contributed by atoms with Gasteiger partial charge in [-0.25, -0.2) is 0 Å². The molecule has 0 amide bonds. The lowest BCUT2D eigenvalue weighted by Crippen LogP contribution is -2.49. The number of hydrogen-bond donors (Lipinski definition) is 0. The van der Waals surface area contributed by atoms with Crippen LogP contribution in [-0.2, 0) is 4.79 Å². The lowest BCUT2D eigenvalue weighted by molar-refractivity contribution is -0.116. The number of anilines is 1. The van der Waals surface area contributed by atoms with Gasteiger partial charge >= 0.3 is 0 Å². The van der Waals surface area contributed by atoms with E-state index in [0.717, 1.165) is 22.4 Å². The van der Waals surface area contributed by atoms with Gasteiger partial charge in [0, 0.05) is 5.69 Å². The van der Waals surface area contributed by atoms with Gasteiger partial charge in [-0.1, -0.05) is 82.8 Å². The van der Waals surface area contributed by atoms with Crippen molar-refractivity contribution in [1.29, 1.82) is 0 Å². The van der Waals surface area contributed by atoms with Crippen LogP contribution >= 0.6 is 34.8 Å². The molecule has 0 fully saturated rings. The summed E-state index contributed by atoms with van der Waals surface area (Å²) < 4.78 is -1.63. The maximum atomic E-state index is 12.0. The van der Waals surface area contributed by atoms with Gasteiger partial charge in [0.05, 0.1) is 11.7 Å². The monoisotopic (exact) mass is 393 g/mol. The highest BCUT2D eigenvalue weighted by Crippen LogP contribution is 2.51. The second kappa shape index (κ2) is 6.68. The zero-order valence-corrected chi connectivity index (χ0v) is 16.5. The Labute approximate surface area is 163 Å². The highest BCUT2D eigenvalue weighted by molar-refractivity contribution is 6.70. The van der Waals surface area contributed by atoms with E-state index in [1.807, 2.05) is 68.1 Å². The summed E-state index contributed by atoms with van der Waals surface area (Å²) in [6.45, 7) is 6.10. The summed E-state index contributed by atoms with van der Waals surface area (Å²) in [7, 11) is 0. The molecule has 0 bridgehead atoms. The number of nitrogens with zero attached hydrogens (tertiary/aromatic N) is 1. The summed E-state index contributed by atoms with van der Waals surface area (Å²) in [5.74, 6) is -0.456. The molecule has 0 radical (unpaired) electrons. The molecule has 0 saturated heterocycles. The van der Waals surface area contributed by atoms with Crippen molar-refractivity contribution < 1.29 is 4.79 Å². The van der Waals surface area contributed by atoms with Gasteiger partial charge in [-0.2, -0.15) is 0 Å². The standard InChI is InChI=1S/C20H18Cl3NO/c1-12-9-10-16(13(2)11-12)24(14(3)15-7-5-4-6-8-15)18-17(21)19(25)20(18,22)23/h4-11,14H,1-3H3. The van der Waals surface area contributed by atoms with Crippen molar-refractivity contribution >= 4 is 46.3 Å². The number of benzene rings is 2. The van der Waals surface area contributed by atoms with Gasteiger partial charge in [0.15, 0.2) is 0 Å². The second-order valence-electron chi connectivity index (χ2n) is 6.31. The van der Waals surface area contributed by atoms with E-state index in [0.29, 0.717) is 5.70 Å². The largest absolute Gasteiger partial charge is 0.333 e. The number of halogens is 3. The van der Waals surface area contributed by atoms with Crippen LogP contribution in [0.4, 0.5) is 5.69 Å². The van der Waals surface area contributed by atoms with Crippen molar-refractivity contribution in [2.75, 3.05) is 4.90 Å². The molecule has 0 saturated carbocycles. The number of alkyl halides is 2.